The number of hydrogen-bond acceptors (Lipinski definition) is 6. The van der Waals surface area contributed by atoms with Crippen molar-refractivity contribution in [2.45, 2.75) is 26.3 Å². The SMILES string of the molecule is Cc1nc(CN2CCC(COc3cnccn3)CC2)co1. The molecule has 0 amide bonds. The van der Waals surface area contributed by atoms with Gasteiger partial charge in [-0.3, -0.25) is 9.88 Å². The quantitative estimate of drug-likeness (QED) is 0.839. The Kier molecular flexibility index (Phi) is 4.45. The van der Waals surface area contributed by atoms with E-state index < -0.39 is 0 Å². The van der Waals surface area contributed by atoms with Crippen molar-refractivity contribution in [1.82, 2.24) is 19.9 Å². The Morgan fingerprint density at radius 3 is 2.86 bits per heavy atom. The van der Waals surface area contributed by atoms with Crippen LogP contribution in [-0.4, -0.2) is 39.5 Å². The third kappa shape index (κ3) is 4.01. The van der Waals surface area contributed by atoms with Crippen LogP contribution >= 0.6 is 0 Å². The fourth-order valence-corrected chi connectivity index (χ4v) is 2.58. The van der Waals surface area contributed by atoms with Gasteiger partial charge in [-0.15, -0.1) is 0 Å². The average Bonchev–Trinajstić information content (AvgIpc) is 2.93. The first kappa shape index (κ1) is 14.0. The molecule has 0 bridgehead atoms. The highest BCUT2D eigenvalue weighted by atomic mass is 16.5. The highest BCUT2D eigenvalue weighted by Crippen LogP contribution is 2.19. The van der Waals surface area contributed by atoms with Crippen LogP contribution in [0.3, 0.4) is 0 Å². The lowest BCUT2D eigenvalue weighted by molar-refractivity contribution is 0.133. The molecular formula is C15H20N4O2. The van der Waals surface area contributed by atoms with Gasteiger partial charge in [-0.2, -0.15) is 0 Å². The Morgan fingerprint density at radius 2 is 2.19 bits per heavy atom. The van der Waals surface area contributed by atoms with Gasteiger partial charge in [0.1, 0.15) is 6.26 Å². The van der Waals surface area contributed by atoms with Crippen LogP contribution in [0.4, 0.5) is 0 Å². The number of likely N-dealkylation sites (tertiary alicyclic amines) is 1. The lowest BCUT2D eigenvalue weighted by atomic mass is 9.98. The molecule has 0 aromatic carbocycles. The molecule has 0 N–H and O–H groups in total. The monoisotopic (exact) mass is 288 g/mol. The molecule has 0 atom stereocenters. The van der Waals surface area contributed by atoms with E-state index in [1.54, 1.807) is 24.9 Å². The van der Waals surface area contributed by atoms with Crippen LogP contribution in [0, 0.1) is 12.8 Å². The van der Waals surface area contributed by atoms with Crippen molar-refractivity contribution >= 4 is 0 Å². The van der Waals surface area contributed by atoms with Gasteiger partial charge >= 0.3 is 0 Å². The topological polar surface area (TPSA) is 64.3 Å². The summed E-state index contributed by atoms with van der Waals surface area (Å²) >= 11 is 0. The molecule has 6 nitrogen and oxygen atoms in total. The van der Waals surface area contributed by atoms with Crippen molar-refractivity contribution in [2.24, 2.45) is 5.92 Å². The molecule has 6 heteroatoms. The molecular weight excluding hydrogens is 268 g/mol. The van der Waals surface area contributed by atoms with E-state index in [0.29, 0.717) is 11.8 Å². The van der Waals surface area contributed by atoms with Crippen molar-refractivity contribution in [3.05, 3.63) is 36.4 Å². The van der Waals surface area contributed by atoms with Gasteiger partial charge in [0, 0.05) is 25.9 Å². The third-order valence-electron chi connectivity index (χ3n) is 3.77. The molecule has 3 rings (SSSR count). The second-order valence-electron chi connectivity index (χ2n) is 5.43. The minimum Gasteiger partial charge on any atom is -0.476 e. The molecule has 1 fully saturated rings. The Bertz CT molecular complexity index is 550. The zero-order valence-electron chi connectivity index (χ0n) is 12.2. The van der Waals surface area contributed by atoms with E-state index in [-0.39, 0.29) is 0 Å². The molecule has 0 aliphatic carbocycles. The Balaban J connectivity index is 1.40. The number of aryl methyl sites for hydroxylation is 1. The average molecular weight is 288 g/mol. The highest BCUT2D eigenvalue weighted by molar-refractivity contribution is 5.01. The van der Waals surface area contributed by atoms with E-state index >= 15 is 0 Å². The van der Waals surface area contributed by atoms with Crippen molar-refractivity contribution in [3.63, 3.8) is 0 Å². The minimum absolute atomic E-state index is 0.585. The van der Waals surface area contributed by atoms with E-state index in [0.717, 1.165) is 50.7 Å². The number of hydrogen-bond donors (Lipinski definition) is 0. The van der Waals surface area contributed by atoms with Crippen molar-refractivity contribution < 1.29 is 9.15 Å². The van der Waals surface area contributed by atoms with E-state index in [4.69, 9.17) is 9.15 Å². The van der Waals surface area contributed by atoms with Crippen LogP contribution in [0.1, 0.15) is 24.4 Å². The van der Waals surface area contributed by atoms with Crippen LogP contribution in [0.15, 0.2) is 29.3 Å². The van der Waals surface area contributed by atoms with Crippen LogP contribution in [0.25, 0.3) is 0 Å². The molecule has 1 aliphatic rings. The third-order valence-corrected chi connectivity index (χ3v) is 3.77. The van der Waals surface area contributed by atoms with E-state index in [9.17, 15) is 0 Å². The Hall–Kier alpha value is -1.95. The molecule has 0 unspecified atom stereocenters. The molecule has 0 saturated carbocycles. The van der Waals surface area contributed by atoms with Crippen molar-refractivity contribution in [1.29, 1.82) is 0 Å². The molecule has 2 aromatic rings. The molecule has 1 saturated heterocycles. The normalized spacial score (nSPS) is 17.0. The summed E-state index contributed by atoms with van der Waals surface area (Å²) in [5, 5.41) is 0. The maximum Gasteiger partial charge on any atom is 0.232 e. The summed E-state index contributed by atoms with van der Waals surface area (Å²) in [4.78, 5) is 14.9. The van der Waals surface area contributed by atoms with Crippen LogP contribution < -0.4 is 4.74 Å². The second kappa shape index (κ2) is 6.67. The number of oxazole rings is 1. The highest BCUT2D eigenvalue weighted by Gasteiger charge is 2.20. The van der Waals surface area contributed by atoms with Gasteiger partial charge in [0.25, 0.3) is 0 Å². The number of ether oxygens (including phenoxy) is 1. The summed E-state index contributed by atoms with van der Waals surface area (Å²) < 4.78 is 10.9. The number of aromatic nitrogens is 3. The van der Waals surface area contributed by atoms with Gasteiger partial charge < -0.3 is 9.15 Å². The zero-order valence-corrected chi connectivity index (χ0v) is 12.2. The molecule has 1 aliphatic heterocycles. The van der Waals surface area contributed by atoms with Gasteiger partial charge in [-0.1, -0.05) is 0 Å². The summed E-state index contributed by atoms with van der Waals surface area (Å²) in [5.74, 6) is 1.93. The first-order valence-electron chi connectivity index (χ1n) is 7.32. The van der Waals surface area contributed by atoms with Gasteiger partial charge in [0.15, 0.2) is 5.89 Å². The van der Waals surface area contributed by atoms with Crippen LogP contribution in [-0.2, 0) is 6.54 Å². The molecule has 21 heavy (non-hydrogen) atoms. The summed E-state index contributed by atoms with van der Waals surface area (Å²) in [5.41, 5.74) is 1.02. The molecule has 3 heterocycles. The number of rotatable bonds is 5. The summed E-state index contributed by atoms with van der Waals surface area (Å²) in [6, 6.07) is 0. The van der Waals surface area contributed by atoms with Gasteiger partial charge in [0.2, 0.25) is 5.88 Å². The fourth-order valence-electron chi connectivity index (χ4n) is 2.58. The predicted molar refractivity (Wildman–Crippen MR) is 76.8 cm³/mol. The number of nitrogens with zero attached hydrogens (tertiary/aromatic N) is 4. The predicted octanol–water partition coefficient (Wildman–Crippen LogP) is 2.06. The maximum absolute atomic E-state index is 5.68. The summed E-state index contributed by atoms with van der Waals surface area (Å²) in [6.45, 7) is 5.60. The Morgan fingerprint density at radius 1 is 1.33 bits per heavy atom. The largest absolute Gasteiger partial charge is 0.476 e. The molecule has 0 spiro atoms. The molecule has 2 aromatic heterocycles. The van der Waals surface area contributed by atoms with E-state index in [1.807, 2.05) is 6.92 Å². The fraction of sp³-hybridized carbons (Fsp3) is 0.533. The van der Waals surface area contributed by atoms with Crippen molar-refractivity contribution in [3.8, 4) is 5.88 Å². The number of piperidine rings is 1. The zero-order chi connectivity index (χ0) is 14.5. The van der Waals surface area contributed by atoms with Crippen LogP contribution in [0.2, 0.25) is 0 Å². The van der Waals surface area contributed by atoms with Crippen LogP contribution in [0.5, 0.6) is 5.88 Å². The summed E-state index contributed by atoms with van der Waals surface area (Å²) in [6.07, 6.45) is 8.98. The minimum atomic E-state index is 0.585. The van der Waals surface area contributed by atoms with E-state index in [2.05, 4.69) is 19.9 Å². The molecule has 0 radical (unpaired) electrons. The van der Waals surface area contributed by atoms with Crippen molar-refractivity contribution in [2.75, 3.05) is 19.7 Å². The molecule has 112 valence electrons. The first-order chi connectivity index (χ1) is 10.3. The van der Waals surface area contributed by atoms with Gasteiger partial charge in [-0.25, -0.2) is 9.97 Å². The standard InChI is InChI=1S/C15H20N4O2/c1-12-18-14(11-20-12)9-19-6-2-13(3-7-19)10-21-15-8-16-4-5-17-15/h4-5,8,11,13H,2-3,6-7,9-10H2,1H3. The van der Waals surface area contributed by atoms with E-state index in [1.165, 1.54) is 0 Å². The lowest BCUT2D eigenvalue weighted by Crippen LogP contribution is -2.35. The van der Waals surface area contributed by atoms with Gasteiger partial charge in [-0.05, 0) is 31.8 Å². The lowest BCUT2D eigenvalue weighted by Gasteiger charge is -2.31. The first-order valence-corrected chi connectivity index (χ1v) is 7.32. The second-order valence-corrected chi connectivity index (χ2v) is 5.43. The smallest absolute Gasteiger partial charge is 0.232 e. The Labute approximate surface area is 124 Å². The summed E-state index contributed by atoms with van der Waals surface area (Å²) in [7, 11) is 0. The van der Waals surface area contributed by atoms with Gasteiger partial charge in [0.05, 0.1) is 18.5 Å². The maximum atomic E-state index is 5.68.